The number of fused-ring (bicyclic) bond motifs is 3. The first-order chi connectivity index (χ1) is 21.8. The first-order valence-corrected chi connectivity index (χ1v) is 16.9. The smallest absolute Gasteiger partial charge is 0.000904 e. The molecule has 0 aromatic heterocycles. The van der Waals surface area contributed by atoms with Gasteiger partial charge in [0.1, 0.15) is 0 Å². The van der Waals surface area contributed by atoms with Gasteiger partial charge in [0.25, 0.3) is 0 Å². The third-order valence-corrected chi connectivity index (χ3v) is 11.7. The Morgan fingerprint density at radius 1 is 0.386 bits per heavy atom. The molecule has 0 aliphatic heterocycles. The van der Waals surface area contributed by atoms with Gasteiger partial charge in [-0.1, -0.05) is 158 Å². The van der Waals surface area contributed by atoms with Crippen molar-refractivity contribution in [1.29, 1.82) is 0 Å². The summed E-state index contributed by atoms with van der Waals surface area (Å²) in [6.45, 7) is 0. The zero-order valence-corrected chi connectivity index (χ0v) is 26.2. The first-order valence-electron chi connectivity index (χ1n) is 15.0. The van der Waals surface area contributed by atoms with Gasteiger partial charge >= 0.3 is 0 Å². The standard InChI is InChI=1S/C42H30P2/c43-42-38(33-24-23-29-13-7-8-15-31(29)27-33)28-32-16-10-12-22-37(32)41(42)40-36-21-11-9-14-30(36)25-26-39(40)44(34-17-3-1-4-18-34)35-19-5-2-6-20-35/h1-28H,43H2. The van der Waals surface area contributed by atoms with Crippen molar-refractivity contribution in [3.63, 3.8) is 0 Å². The lowest BCUT2D eigenvalue weighted by Gasteiger charge is -2.26. The van der Waals surface area contributed by atoms with Gasteiger partial charge in [-0.05, 0) is 95.8 Å². The Morgan fingerprint density at radius 3 is 1.59 bits per heavy atom. The molecule has 8 aromatic carbocycles. The Balaban J connectivity index is 1.49. The van der Waals surface area contributed by atoms with Crippen molar-refractivity contribution in [3.8, 4) is 22.3 Å². The summed E-state index contributed by atoms with van der Waals surface area (Å²) in [6.07, 6.45) is 0. The molecule has 0 bridgehead atoms. The van der Waals surface area contributed by atoms with E-state index in [4.69, 9.17) is 0 Å². The molecule has 0 saturated heterocycles. The van der Waals surface area contributed by atoms with Crippen molar-refractivity contribution in [3.05, 3.63) is 170 Å². The molecule has 0 nitrogen and oxygen atoms in total. The molecular formula is C42H30P2. The highest BCUT2D eigenvalue weighted by atomic mass is 31.1. The van der Waals surface area contributed by atoms with Crippen LogP contribution in [0.3, 0.4) is 0 Å². The predicted octanol–water partition coefficient (Wildman–Crippen LogP) is 9.74. The molecule has 0 aliphatic rings. The van der Waals surface area contributed by atoms with Crippen molar-refractivity contribution in [2.24, 2.45) is 0 Å². The van der Waals surface area contributed by atoms with Crippen molar-refractivity contribution in [2.45, 2.75) is 0 Å². The molecule has 1 atom stereocenters. The number of benzene rings is 8. The molecule has 0 spiro atoms. The SMILES string of the molecule is Pc1c(-c2ccc3ccccc3c2)cc2ccccc2c1-c1c(P(c2ccccc2)c2ccccc2)ccc2ccccc12. The van der Waals surface area contributed by atoms with E-state index >= 15 is 0 Å². The molecular weight excluding hydrogens is 566 g/mol. The van der Waals surface area contributed by atoms with E-state index < -0.39 is 7.92 Å². The molecule has 0 heterocycles. The van der Waals surface area contributed by atoms with Gasteiger partial charge < -0.3 is 0 Å². The maximum atomic E-state index is 3.17. The average Bonchev–Trinajstić information content (AvgIpc) is 3.09. The fourth-order valence-electron chi connectivity index (χ4n) is 6.52. The molecule has 2 heteroatoms. The quantitative estimate of drug-likeness (QED) is 0.174. The van der Waals surface area contributed by atoms with E-state index in [1.165, 1.54) is 75.8 Å². The van der Waals surface area contributed by atoms with Gasteiger partial charge in [0.2, 0.25) is 0 Å². The molecule has 0 radical (unpaired) electrons. The van der Waals surface area contributed by atoms with Crippen LogP contribution < -0.4 is 21.2 Å². The first kappa shape index (κ1) is 27.0. The lowest BCUT2D eigenvalue weighted by Crippen LogP contribution is -2.23. The second-order valence-electron chi connectivity index (χ2n) is 11.2. The molecule has 0 fully saturated rings. The second kappa shape index (κ2) is 11.5. The zero-order valence-electron chi connectivity index (χ0n) is 24.2. The van der Waals surface area contributed by atoms with Gasteiger partial charge in [-0.2, -0.15) is 0 Å². The Morgan fingerprint density at radius 2 is 0.909 bits per heavy atom. The van der Waals surface area contributed by atoms with Crippen LogP contribution in [0.25, 0.3) is 54.6 Å². The van der Waals surface area contributed by atoms with E-state index in [9.17, 15) is 0 Å². The lowest BCUT2D eigenvalue weighted by molar-refractivity contribution is 1.69. The molecule has 44 heavy (non-hydrogen) atoms. The summed E-state index contributed by atoms with van der Waals surface area (Å²) in [5.74, 6) is 0. The minimum atomic E-state index is -0.828. The normalized spacial score (nSPS) is 11.5. The van der Waals surface area contributed by atoms with Gasteiger partial charge in [0, 0.05) is 0 Å². The highest BCUT2D eigenvalue weighted by molar-refractivity contribution is 7.80. The summed E-state index contributed by atoms with van der Waals surface area (Å²) in [4.78, 5) is 0. The van der Waals surface area contributed by atoms with E-state index in [1.54, 1.807) is 0 Å². The summed E-state index contributed by atoms with van der Waals surface area (Å²) in [5, 5.41) is 12.9. The van der Waals surface area contributed by atoms with Gasteiger partial charge in [0.15, 0.2) is 0 Å². The molecule has 8 aromatic rings. The van der Waals surface area contributed by atoms with Crippen LogP contribution in [0.2, 0.25) is 0 Å². The molecule has 0 N–H and O–H groups in total. The average molecular weight is 597 g/mol. The summed E-state index contributed by atoms with van der Waals surface area (Å²) >= 11 is 0. The van der Waals surface area contributed by atoms with Crippen LogP contribution in [-0.4, -0.2) is 0 Å². The highest BCUT2D eigenvalue weighted by Crippen LogP contribution is 2.43. The molecule has 208 valence electrons. The Bertz CT molecular complexity index is 2250. The van der Waals surface area contributed by atoms with Crippen molar-refractivity contribution < 1.29 is 0 Å². The number of hydrogen-bond donors (Lipinski definition) is 0. The van der Waals surface area contributed by atoms with Crippen LogP contribution in [-0.2, 0) is 0 Å². The third kappa shape index (κ3) is 4.73. The van der Waals surface area contributed by atoms with Crippen LogP contribution in [0.5, 0.6) is 0 Å². The van der Waals surface area contributed by atoms with Crippen LogP contribution in [0.15, 0.2) is 170 Å². The van der Waals surface area contributed by atoms with Crippen molar-refractivity contribution >= 4 is 70.7 Å². The van der Waals surface area contributed by atoms with Crippen molar-refractivity contribution in [1.82, 2.24) is 0 Å². The van der Waals surface area contributed by atoms with Gasteiger partial charge in [-0.3, -0.25) is 0 Å². The molecule has 1 unspecified atom stereocenters. The summed E-state index contributed by atoms with van der Waals surface area (Å²) < 4.78 is 0. The maximum Gasteiger partial charge on any atom is -0.000904 e. The van der Waals surface area contributed by atoms with E-state index in [0.717, 1.165) is 0 Å². The Kier molecular flexibility index (Phi) is 7.04. The van der Waals surface area contributed by atoms with Gasteiger partial charge in [0.05, 0.1) is 0 Å². The van der Waals surface area contributed by atoms with E-state index in [-0.39, 0.29) is 0 Å². The van der Waals surface area contributed by atoms with Crippen molar-refractivity contribution in [2.75, 3.05) is 0 Å². The lowest BCUT2D eigenvalue weighted by atomic mass is 9.89. The van der Waals surface area contributed by atoms with Crippen LogP contribution in [0.4, 0.5) is 0 Å². The summed E-state index contributed by atoms with van der Waals surface area (Å²) in [5.41, 5.74) is 5.10. The number of hydrogen-bond acceptors (Lipinski definition) is 0. The van der Waals surface area contributed by atoms with E-state index in [0.29, 0.717) is 0 Å². The fraction of sp³-hybridized carbons (Fsp3) is 0. The van der Waals surface area contributed by atoms with Crippen LogP contribution >= 0.6 is 17.2 Å². The zero-order chi connectivity index (χ0) is 29.5. The van der Waals surface area contributed by atoms with Gasteiger partial charge in [-0.25, -0.2) is 0 Å². The minimum absolute atomic E-state index is 0.828. The summed E-state index contributed by atoms with van der Waals surface area (Å²) in [7, 11) is 2.34. The summed E-state index contributed by atoms with van der Waals surface area (Å²) in [6, 6.07) is 62.4. The maximum absolute atomic E-state index is 3.17. The monoisotopic (exact) mass is 596 g/mol. The van der Waals surface area contributed by atoms with Crippen LogP contribution in [0.1, 0.15) is 0 Å². The van der Waals surface area contributed by atoms with Gasteiger partial charge in [-0.15, -0.1) is 9.24 Å². The minimum Gasteiger partial charge on any atom is -0.104 e. The molecule has 0 saturated carbocycles. The molecule has 0 aliphatic carbocycles. The second-order valence-corrected chi connectivity index (χ2v) is 13.9. The van der Waals surface area contributed by atoms with Crippen LogP contribution in [0, 0.1) is 0 Å². The van der Waals surface area contributed by atoms with E-state index in [2.05, 4.69) is 179 Å². The Hall–Kier alpha value is -4.60. The van der Waals surface area contributed by atoms with E-state index in [1.807, 2.05) is 0 Å². The number of rotatable bonds is 5. The molecule has 0 amide bonds. The fourth-order valence-corrected chi connectivity index (χ4v) is 9.54. The highest BCUT2D eigenvalue weighted by Gasteiger charge is 2.25. The Labute approximate surface area is 262 Å². The third-order valence-electron chi connectivity index (χ3n) is 8.58. The molecule has 8 rings (SSSR count). The largest absolute Gasteiger partial charge is 0.104 e. The topological polar surface area (TPSA) is 0 Å². The predicted molar refractivity (Wildman–Crippen MR) is 198 cm³/mol.